The summed E-state index contributed by atoms with van der Waals surface area (Å²) in [5.74, 6) is -0.287. The first-order valence-corrected chi connectivity index (χ1v) is 12.0. The Morgan fingerprint density at radius 2 is 2.00 bits per heavy atom. The van der Waals surface area contributed by atoms with E-state index in [9.17, 15) is 14.0 Å². The predicted molar refractivity (Wildman–Crippen MR) is 133 cm³/mol. The molecule has 33 heavy (non-hydrogen) atoms. The molecule has 2 heterocycles. The molecule has 0 atom stereocenters. The maximum atomic E-state index is 13.4. The molecule has 0 saturated carbocycles. The predicted octanol–water partition coefficient (Wildman–Crippen LogP) is 6.47. The number of H-pyrrole nitrogens is 1. The van der Waals surface area contributed by atoms with Crippen molar-refractivity contribution in [1.82, 2.24) is 9.97 Å². The molecule has 2 aromatic heterocycles. The van der Waals surface area contributed by atoms with Crippen molar-refractivity contribution in [3.8, 4) is 0 Å². The summed E-state index contributed by atoms with van der Waals surface area (Å²) in [4.78, 5) is 32.7. The lowest BCUT2D eigenvalue weighted by Gasteiger charge is -2.05. The average molecular weight is 496 g/mol. The van der Waals surface area contributed by atoms with Crippen LogP contribution in [0.4, 0.5) is 10.1 Å². The Bertz CT molecular complexity index is 1580. The summed E-state index contributed by atoms with van der Waals surface area (Å²) in [6.45, 7) is 0. The summed E-state index contributed by atoms with van der Waals surface area (Å²) < 4.78 is 15.1. The summed E-state index contributed by atoms with van der Waals surface area (Å²) >= 11 is 9.00. The number of fused-ring (bicyclic) bond motifs is 2. The third-order valence-corrected chi connectivity index (χ3v) is 7.36. The maximum Gasteiger partial charge on any atom is 0.255 e. The van der Waals surface area contributed by atoms with Crippen LogP contribution < -0.4 is 10.7 Å². The number of aromatic nitrogens is 2. The van der Waals surface area contributed by atoms with Crippen molar-refractivity contribution < 1.29 is 9.18 Å². The highest BCUT2D eigenvalue weighted by molar-refractivity contribution is 8.00. The van der Waals surface area contributed by atoms with E-state index in [1.165, 1.54) is 41.3 Å². The van der Waals surface area contributed by atoms with Gasteiger partial charge in [-0.2, -0.15) is 0 Å². The van der Waals surface area contributed by atoms with Crippen molar-refractivity contribution in [3.05, 3.63) is 99.1 Å². The molecule has 0 radical (unpaired) electrons. The zero-order valence-corrected chi connectivity index (χ0v) is 19.3. The van der Waals surface area contributed by atoms with Gasteiger partial charge in [-0.05, 0) is 54.6 Å². The van der Waals surface area contributed by atoms with E-state index < -0.39 is 5.82 Å². The molecular weight excluding hydrogens is 481 g/mol. The summed E-state index contributed by atoms with van der Waals surface area (Å²) in [6.07, 6.45) is 0. The van der Waals surface area contributed by atoms with E-state index in [4.69, 9.17) is 11.6 Å². The highest BCUT2D eigenvalue weighted by Gasteiger charge is 2.11. The summed E-state index contributed by atoms with van der Waals surface area (Å²) in [7, 11) is 0. The standard InChI is InChI=1S/C24H15ClFN3O2S2/c25-14-4-6-19-18(9-14)21(30)10-17(27-19)12-32-24-29-20-7-5-16(11-22(20)33-24)28-23(31)13-2-1-3-15(26)8-13/h1-11H,12H2,(H,27,30)(H,28,31). The highest BCUT2D eigenvalue weighted by Crippen LogP contribution is 2.33. The van der Waals surface area contributed by atoms with Crippen molar-refractivity contribution in [3.63, 3.8) is 0 Å². The highest BCUT2D eigenvalue weighted by atomic mass is 35.5. The van der Waals surface area contributed by atoms with Crippen LogP contribution in [0.5, 0.6) is 0 Å². The van der Waals surface area contributed by atoms with Gasteiger partial charge in [0.15, 0.2) is 9.77 Å². The minimum Gasteiger partial charge on any atom is -0.357 e. The van der Waals surface area contributed by atoms with E-state index in [0.717, 1.165) is 25.8 Å². The molecule has 0 aliphatic carbocycles. The molecule has 164 valence electrons. The molecule has 5 rings (SSSR count). The second-order valence-corrected chi connectivity index (χ2v) is 9.95. The lowest BCUT2D eigenvalue weighted by molar-refractivity contribution is 0.102. The van der Waals surface area contributed by atoms with Gasteiger partial charge in [-0.1, -0.05) is 29.4 Å². The van der Waals surface area contributed by atoms with Gasteiger partial charge in [-0.25, -0.2) is 9.37 Å². The van der Waals surface area contributed by atoms with Gasteiger partial charge in [0.25, 0.3) is 5.91 Å². The first kappa shape index (κ1) is 21.6. The van der Waals surface area contributed by atoms with Crippen LogP contribution in [0.3, 0.4) is 0 Å². The SMILES string of the molecule is O=C(Nc1ccc2nc(SCc3cc(=O)c4cc(Cl)ccc4[nH]3)sc2c1)c1cccc(F)c1. The van der Waals surface area contributed by atoms with Crippen LogP contribution in [0.25, 0.3) is 21.1 Å². The van der Waals surface area contributed by atoms with Crippen LogP contribution in [-0.4, -0.2) is 15.9 Å². The van der Waals surface area contributed by atoms with Crippen molar-refractivity contribution in [2.24, 2.45) is 0 Å². The molecule has 3 aromatic carbocycles. The first-order chi connectivity index (χ1) is 15.9. The van der Waals surface area contributed by atoms with Gasteiger partial charge in [0, 0.05) is 44.7 Å². The number of aromatic amines is 1. The quantitative estimate of drug-likeness (QED) is 0.274. The Kier molecular flexibility index (Phi) is 5.88. The summed E-state index contributed by atoms with van der Waals surface area (Å²) in [5, 5.41) is 3.87. The van der Waals surface area contributed by atoms with E-state index in [1.807, 2.05) is 12.1 Å². The molecule has 5 nitrogen and oxygen atoms in total. The van der Waals surface area contributed by atoms with Gasteiger partial charge < -0.3 is 10.3 Å². The maximum absolute atomic E-state index is 13.4. The number of thioether (sulfide) groups is 1. The number of carbonyl (C=O) groups excluding carboxylic acids is 1. The molecule has 0 fully saturated rings. The van der Waals surface area contributed by atoms with Crippen LogP contribution in [-0.2, 0) is 5.75 Å². The van der Waals surface area contributed by atoms with Gasteiger partial charge in [0.05, 0.1) is 10.2 Å². The van der Waals surface area contributed by atoms with E-state index in [1.54, 1.807) is 36.4 Å². The van der Waals surface area contributed by atoms with Gasteiger partial charge in [0.2, 0.25) is 0 Å². The number of thiazole rings is 1. The van der Waals surface area contributed by atoms with E-state index >= 15 is 0 Å². The molecule has 0 unspecified atom stereocenters. The largest absolute Gasteiger partial charge is 0.357 e. The van der Waals surface area contributed by atoms with Crippen molar-refractivity contribution >= 4 is 67.4 Å². The van der Waals surface area contributed by atoms with E-state index in [0.29, 0.717) is 21.8 Å². The molecule has 1 amide bonds. The lowest BCUT2D eigenvalue weighted by Crippen LogP contribution is -2.11. The molecule has 9 heteroatoms. The number of carbonyl (C=O) groups is 1. The zero-order chi connectivity index (χ0) is 22.9. The van der Waals surface area contributed by atoms with Crippen LogP contribution in [0.2, 0.25) is 5.02 Å². The number of hydrogen-bond donors (Lipinski definition) is 2. The molecule has 0 bridgehead atoms. The number of benzene rings is 3. The third kappa shape index (κ3) is 4.78. The van der Waals surface area contributed by atoms with Crippen molar-refractivity contribution in [2.75, 3.05) is 5.32 Å². The van der Waals surface area contributed by atoms with Gasteiger partial charge in [0.1, 0.15) is 5.82 Å². The van der Waals surface area contributed by atoms with Crippen LogP contribution >= 0.6 is 34.7 Å². The summed E-state index contributed by atoms with van der Waals surface area (Å²) in [6, 6.07) is 17.8. The first-order valence-electron chi connectivity index (χ1n) is 9.86. The molecule has 0 spiro atoms. The normalized spacial score (nSPS) is 11.2. The molecule has 0 saturated heterocycles. The smallest absolute Gasteiger partial charge is 0.255 e. The number of halogens is 2. The second-order valence-electron chi connectivity index (χ2n) is 7.26. The topological polar surface area (TPSA) is 74.8 Å². The number of anilines is 1. The lowest BCUT2D eigenvalue weighted by atomic mass is 10.2. The van der Waals surface area contributed by atoms with Gasteiger partial charge >= 0.3 is 0 Å². The van der Waals surface area contributed by atoms with E-state index in [-0.39, 0.29) is 16.9 Å². The second kappa shape index (κ2) is 8.97. The summed E-state index contributed by atoms with van der Waals surface area (Å²) in [5.41, 5.74) is 3.13. The Morgan fingerprint density at radius 3 is 2.85 bits per heavy atom. The van der Waals surface area contributed by atoms with Gasteiger partial charge in [-0.15, -0.1) is 11.3 Å². The Hall–Kier alpha value is -3.20. The van der Waals surface area contributed by atoms with Crippen molar-refractivity contribution in [1.29, 1.82) is 0 Å². The van der Waals surface area contributed by atoms with Crippen LogP contribution in [0.1, 0.15) is 16.1 Å². The monoisotopic (exact) mass is 495 g/mol. The fourth-order valence-electron chi connectivity index (χ4n) is 3.37. The number of hydrogen-bond acceptors (Lipinski definition) is 5. The molecule has 5 aromatic rings. The molecular formula is C24H15ClFN3O2S2. The van der Waals surface area contributed by atoms with Gasteiger partial charge in [-0.3, -0.25) is 9.59 Å². The Morgan fingerprint density at radius 1 is 1.12 bits per heavy atom. The average Bonchev–Trinajstić information content (AvgIpc) is 3.20. The number of nitrogens with one attached hydrogen (secondary N) is 2. The number of rotatable bonds is 5. The Labute approximate surface area is 200 Å². The minimum atomic E-state index is -0.459. The third-order valence-electron chi connectivity index (χ3n) is 4.91. The number of pyridine rings is 1. The molecule has 2 N–H and O–H groups in total. The Balaban J connectivity index is 1.32. The van der Waals surface area contributed by atoms with E-state index in [2.05, 4.69) is 15.3 Å². The van der Waals surface area contributed by atoms with Crippen LogP contribution in [0.15, 0.2) is 75.9 Å². The molecule has 0 aliphatic heterocycles. The number of amides is 1. The fourth-order valence-corrected chi connectivity index (χ4v) is 5.56. The van der Waals surface area contributed by atoms with Crippen molar-refractivity contribution in [2.45, 2.75) is 10.1 Å². The fraction of sp³-hybridized carbons (Fsp3) is 0.0417. The minimum absolute atomic E-state index is 0.0789. The number of nitrogens with zero attached hydrogens (tertiary/aromatic N) is 1. The molecule has 0 aliphatic rings. The zero-order valence-electron chi connectivity index (χ0n) is 16.9. The van der Waals surface area contributed by atoms with Crippen LogP contribution in [0, 0.1) is 5.82 Å².